The van der Waals surface area contributed by atoms with Gasteiger partial charge >= 0.3 is 0 Å². The highest BCUT2D eigenvalue weighted by molar-refractivity contribution is 5.76. The van der Waals surface area contributed by atoms with Gasteiger partial charge in [0.05, 0.1) is 18.8 Å². The van der Waals surface area contributed by atoms with Crippen molar-refractivity contribution < 1.29 is 15.0 Å². The van der Waals surface area contributed by atoms with Crippen molar-refractivity contribution in [2.24, 2.45) is 0 Å². The highest BCUT2D eigenvalue weighted by Gasteiger charge is 2.18. The maximum Gasteiger partial charge on any atom is 0.220 e. The fourth-order valence-corrected chi connectivity index (χ4v) is 8.68. The van der Waals surface area contributed by atoms with Crippen LogP contribution < -0.4 is 5.32 Å². The quantitative estimate of drug-likeness (QED) is 0.0421. The minimum absolute atomic E-state index is 0.0777. The highest BCUT2D eigenvalue weighted by Crippen LogP contribution is 2.17. The standard InChI is InChI=1S/C59H111NO3/c1-3-5-7-9-11-13-15-17-19-21-23-25-26-27-28-29-30-31-32-33-35-36-38-40-42-44-46-48-50-52-54-58(62)57(56-61)60-59(63)55-53-51-49-47-45-43-41-39-37-34-24-22-20-18-16-14-12-10-8-6-4-2/h22,24,36,38,44,46,52,54,57-58,61-62H,3-21,23,25-35,37,39-43,45,47-51,53,55-56H2,1-2H3,(H,60,63)/b24-22-,38-36+,46-44+,54-52+. The van der Waals surface area contributed by atoms with Gasteiger partial charge in [-0.05, 0) is 70.6 Å². The van der Waals surface area contributed by atoms with Gasteiger partial charge in [-0.1, -0.05) is 274 Å². The molecule has 1 amide bonds. The molecule has 0 bridgehead atoms. The molecule has 0 rings (SSSR count). The number of allylic oxidation sites excluding steroid dienone is 7. The van der Waals surface area contributed by atoms with Gasteiger partial charge in [-0.25, -0.2) is 0 Å². The Morgan fingerprint density at radius 1 is 0.365 bits per heavy atom. The van der Waals surface area contributed by atoms with E-state index in [-0.39, 0.29) is 12.5 Å². The van der Waals surface area contributed by atoms with Gasteiger partial charge in [0.2, 0.25) is 5.91 Å². The first kappa shape index (κ1) is 61.4. The Morgan fingerprint density at radius 2 is 0.619 bits per heavy atom. The van der Waals surface area contributed by atoms with Crippen molar-refractivity contribution in [3.05, 3.63) is 48.6 Å². The maximum absolute atomic E-state index is 12.5. The summed E-state index contributed by atoms with van der Waals surface area (Å²) < 4.78 is 0. The van der Waals surface area contributed by atoms with E-state index < -0.39 is 12.1 Å². The molecule has 0 heterocycles. The summed E-state index contributed by atoms with van der Waals surface area (Å²) in [5.41, 5.74) is 0. The zero-order chi connectivity index (χ0) is 45.6. The second kappa shape index (κ2) is 54.7. The molecule has 0 spiro atoms. The Kier molecular flexibility index (Phi) is 53.3. The first-order valence-corrected chi connectivity index (χ1v) is 28.4. The number of hydrogen-bond donors (Lipinski definition) is 3. The summed E-state index contributed by atoms with van der Waals surface area (Å²) in [7, 11) is 0. The minimum atomic E-state index is -0.873. The van der Waals surface area contributed by atoms with Crippen molar-refractivity contribution in [3.63, 3.8) is 0 Å². The van der Waals surface area contributed by atoms with Crippen LogP contribution in [-0.4, -0.2) is 34.9 Å². The Hall–Kier alpha value is -1.65. The summed E-state index contributed by atoms with van der Waals surface area (Å²) in [6.45, 7) is 4.32. The van der Waals surface area contributed by atoms with E-state index in [1.807, 2.05) is 6.08 Å². The summed E-state index contributed by atoms with van der Waals surface area (Å²) >= 11 is 0. The van der Waals surface area contributed by atoms with Crippen molar-refractivity contribution >= 4 is 5.91 Å². The van der Waals surface area contributed by atoms with Gasteiger partial charge in [-0.3, -0.25) is 4.79 Å². The summed E-state index contributed by atoms with van der Waals surface area (Å²) in [6, 6.07) is -0.648. The molecule has 0 saturated carbocycles. The van der Waals surface area contributed by atoms with E-state index >= 15 is 0 Å². The van der Waals surface area contributed by atoms with Crippen LogP contribution in [0.2, 0.25) is 0 Å². The van der Waals surface area contributed by atoms with E-state index in [0.29, 0.717) is 6.42 Å². The number of hydrogen-bond acceptors (Lipinski definition) is 3. The lowest BCUT2D eigenvalue weighted by molar-refractivity contribution is -0.123. The van der Waals surface area contributed by atoms with Gasteiger partial charge in [0.25, 0.3) is 0 Å². The predicted molar refractivity (Wildman–Crippen MR) is 281 cm³/mol. The zero-order valence-corrected chi connectivity index (χ0v) is 42.6. The first-order valence-electron chi connectivity index (χ1n) is 28.4. The number of aliphatic hydroxyl groups is 2. The molecule has 370 valence electrons. The van der Waals surface area contributed by atoms with Gasteiger partial charge in [0, 0.05) is 6.42 Å². The molecule has 63 heavy (non-hydrogen) atoms. The molecule has 4 heteroatoms. The van der Waals surface area contributed by atoms with Gasteiger partial charge in [0.1, 0.15) is 0 Å². The molecule has 2 atom stereocenters. The molecule has 0 radical (unpaired) electrons. The molecule has 0 saturated heterocycles. The van der Waals surface area contributed by atoms with Gasteiger partial charge in [-0.15, -0.1) is 0 Å². The number of aliphatic hydroxyl groups excluding tert-OH is 2. The Labute approximate surface area is 394 Å². The van der Waals surface area contributed by atoms with Crippen molar-refractivity contribution in [2.45, 2.75) is 315 Å². The van der Waals surface area contributed by atoms with Crippen LogP contribution >= 0.6 is 0 Å². The third-order valence-corrected chi connectivity index (χ3v) is 13.0. The van der Waals surface area contributed by atoms with Crippen molar-refractivity contribution in [1.29, 1.82) is 0 Å². The number of nitrogens with one attached hydrogen (secondary N) is 1. The van der Waals surface area contributed by atoms with Crippen LogP contribution in [0, 0.1) is 0 Å². The largest absolute Gasteiger partial charge is 0.394 e. The summed E-state index contributed by atoms with van der Waals surface area (Å²) in [5.74, 6) is -0.0777. The molecule has 0 aliphatic heterocycles. The molecule has 0 aliphatic carbocycles. The van der Waals surface area contributed by atoms with Crippen molar-refractivity contribution in [2.75, 3.05) is 6.61 Å². The smallest absolute Gasteiger partial charge is 0.220 e. The van der Waals surface area contributed by atoms with Gasteiger partial charge < -0.3 is 15.5 Å². The second-order valence-corrected chi connectivity index (χ2v) is 19.3. The molecular formula is C59H111NO3. The van der Waals surface area contributed by atoms with Crippen LogP contribution in [0.25, 0.3) is 0 Å². The molecule has 0 fully saturated rings. The normalized spacial score (nSPS) is 13.1. The molecule has 0 aromatic heterocycles. The number of rotatable bonds is 52. The Morgan fingerprint density at radius 3 is 0.921 bits per heavy atom. The molecule has 0 aliphatic rings. The first-order chi connectivity index (χ1) is 31.2. The molecule has 4 nitrogen and oxygen atoms in total. The van der Waals surface area contributed by atoms with Crippen LogP contribution in [0.3, 0.4) is 0 Å². The topological polar surface area (TPSA) is 69.6 Å². The minimum Gasteiger partial charge on any atom is -0.394 e. The fourth-order valence-electron chi connectivity index (χ4n) is 8.68. The lowest BCUT2D eigenvalue weighted by Gasteiger charge is -2.19. The molecule has 0 aromatic rings. The maximum atomic E-state index is 12.5. The second-order valence-electron chi connectivity index (χ2n) is 19.3. The lowest BCUT2D eigenvalue weighted by atomic mass is 10.0. The zero-order valence-electron chi connectivity index (χ0n) is 42.6. The van der Waals surface area contributed by atoms with Gasteiger partial charge in [0.15, 0.2) is 0 Å². The highest BCUT2D eigenvalue weighted by atomic mass is 16.3. The average molecular weight is 883 g/mol. The number of carbonyl (C=O) groups is 1. The third kappa shape index (κ3) is 51.2. The summed E-state index contributed by atoms with van der Waals surface area (Å²) in [4.78, 5) is 12.5. The van der Waals surface area contributed by atoms with E-state index in [2.05, 4.69) is 55.6 Å². The molecule has 3 N–H and O–H groups in total. The predicted octanol–water partition coefficient (Wildman–Crippen LogP) is 18.6. The molecular weight excluding hydrogens is 771 g/mol. The number of amides is 1. The number of unbranched alkanes of at least 4 members (excludes halogenated alkanes) is 39. The monoisotopic (exact) mass is 882 g/mol. The Balaban J connectivity index is 3.55. The Bertz CT molecular complexity index is 1000. The van der Waals surface area contributed by atoms with Crippen LogP contribution in [0.1, 0.15) is 303 Å². The fraction of sp³-hybridized carbons (Fsp3) is 0.847. The van der Waals surface area contributed by atoms with Crippen LogP contribution in [0.5, 0.6) is 0 Å². The summed E-state index contributed by atoms with van der Waals surface area (Å²) in [6.07, 6.45) is 75.7. The number of carbonyl (C=O) groups excluding carboxylic acids is 1. The third-order valence-electron chi connectivity index (χ3n) is 13.0. The van der Waals surface area contributed by atoms with E-state index in [1.165, 1.54) is 244 Å². The van der Waals surface area contributed by atoms with E-state index in [4.69, 9.17) is 0 Å². The average Bonchev–Trinajstić information content (AvgIpc) is 3.29. The van der Waals surface area contributed by atoms with Crippen molar-refractivity contribution in [1.82, 2.24) is 5.32 Å². The lowest BCUT2D eigenvalue weighted by Crippen LogP contribution is -2.45. The van der Waals surface area contributed by atoms with Crippen LogP contribution in [0.15, 0.2) is 48.6 Å². The van der Waals surface area contributed by atoms with Crippen LogP contribution in [0.4, 0.5) is 0 Å². The SMILES string of the molecule is CCCCCCCCCC/C=C\CCCCCCCCCCCC(=O)NC(CO)C(O)/C=C/CC/C=C/CC/C=C/CCCCCCCCCCCCCCCCCCCCCC. The van der Waals surface area contributed by atoms with Crippen LogP contribution in [-0.2, 0) is 4.79 Å². The van der Waals surface area contributed by atoms with E-state index in [0.717, 1.165) is 38.5 Å². The molecule has 2 unspecified atom stereocenters. The molecule has 0 aromatic carbocycles. The van der Waals surface area contributed by atoms with Crippen molar-refractivity contribution in [3.8, 4) is 0 Å². The van der Waals surface area contributed by atoms with E-state index in [1.54, 1.807) is 6.08 Å². The summed E-state index contributed by atoms with van der Waals surface area (Å²) in [5, 5.41) is 23.1. The van der Waals surface area contributed by atoms with Gasteiger partial charge in [-0.2, -0.15) is 0 Å². The van der Waals surface area contributed by atoms with E-state index in [9.17, 15) is 15.0 Å².